The van der Waals surface area contributed by atoms with Crippen molar-refractivity contribution in [1.29, 1.82) is 0 Å². The standard InChI is InChI=1S/C22H21ClN4O2S/c1-15-5-3-6-16(13-15)21(28)27(11-4-10-26-12-9-24-14-26)22-25-19-18(29-2)8-7-17(23)20(19)30-22/h3,5-9,12-14H,4,10-11H2,1-2H3. The Morgan fingerprint density at radius 1 is 1.30 bits per heavy atom. The number of ether oxygens (including phenoxy) is 1. The number of halogens is 1. The van der Waals surface area contributed by atoms with Gasteiger partial charge in [0.2, 0.25) is 0 Å². The molecule has 2 aromatic heterocycles. The lowest BCUT2D eigenvalue weighted by Gasteiger charge is -2.20. The number of imidazole rings is 1. The van der Waals surface area contributed by atoms with Gasteiger partial charge in [0, 0.05) is 31.0 Å². The summed E-state index contributed by atoms with van der Waals surface area (Å²) in [6.45, 7) is 3.25. The van der Waals surface area contributed by atoms with E-state index >= 15 is 0 Å². The third kappa shape index (κ3) is 4.17. The Bertz CT molecular complexity index is 1170. The van der Waals surface area contributed by atoms with Gasteiger partial charge in [-0.05, 0) is 37.6 Å². The Morgan fingerprint density at radius 2 is 2.17 bits per heavy atom. The van der Waals surface area contributed by atoms with Gasteiger partial charge >= 0.3 is 0 Å². The number of hydrogen-bond donors (Lipinski definition) is 0. The van der Waals surface area contributed by atoms with E-state index in [0.717, 1.165) is 23.2 Å². The maximum atomic E-state index is 13.4. The molecule has 0 aliphatic carbocycles. The summed E-state index contributed by atoms with van der Waals surface area (Å²) in [6.07, 6.45) is 6.19. The summed E-state index contributed by atoms with van der Waals surface area (Å²) < 4.78 is 8.24. The molecule has 154 valence electrons. The molecule has 2 aromatic carbocycles. The Kier molecular flexibility index (Phi) is 6.01. The number of anilines is 1. The molecular weight excluding hydrogens is 420 g/mol. The second-order valence-corrected chi connectivity index (χ2v) is 8.29. The zero-order valence-electron chi connectivity index (χ0n) is 16.7. The number of hydrogen-bond acceptors (Lipinski definition) is 5. The molecule has 30 heavy (non-hydrogen) atoms. The smallest absolute Gasteiger partial charge is 0.260 e. The fourth-order valence-electron chi connectivity index (χ4n) is 3.27. The molecule has 0 atom stereocenters. The van der Waals surface area contributed by atoms with Crippen LogP contribution in [0.15, 0.2) is 55.1 Å². The van der Waals surface area contributed by atoms with E-state index in [1.807, 2.05) is 42.0 Å². The molecule has 2 heterocycles. The molecule has 0 aliphatic rings. The van der Waals surface area contributed by atoms with Crippen LogP contribution in [0.25, 0.3) is 10.2 Å². The molecule has 4 rings (SSSR count). The number of carbonyl (C=O) groups is 1. The van der Waals surface area contributed by atoms with Crippen LogP contribution in [-0.4, -0.2) is 34.1 Å². The van der Waals surface area contributed by atoms with Crippen LogP contribution in [0, 0.1) is 6.92 Å². The van der Waals surface area contributed by atoms with Crippen LogP contribution < -0.4 is 9.64 Å². The molecule has 0 radical (unpaired) electrons. The summed E-state index contributed by atoms with van der Waals surface area (Å²) in [6, 6.07) is 11.2. The highest BCUT2D eigenvalue weighted by molar-refractivity contribution is 7.23. The predicted molar refractivity (Wildman–Crippen MR) is 121 cm³/mol. The topological polar surface area (TPSA) is 60.2 Å². The number of fused-ring (bicyclic) bond motifs is 1. The number of aromatic nitrogens is 3. The van der Waals surface area contributed by atoms with E-state index < -0.39 is 0 Å². The van der Waals surface area contributed by atoms with Gasteiger partial charge in [-0.25, -0.2) is 9.97 Å². The lowest BCUT2D eigenvalue weighted by Crippen LogP contribution is -2.32. The fourth-order valence-corrected chi connectivity index (χ4v) is 4.55. The van der Waals surface area contributed by atoms with Crippen molar-refractivity contribution in [3.05, 3.63) is 71.3 Å². The molecular formula is C22H21ClN4O2S. The predicted octanol–water partition coefficient (Wildman–Crippen LogP) is 5.20. The van der Waals surface area contributed by atoms with Crippen LogP contribution in [0.4, 0.5) is 5.13 Å². The molecule has 0 bridgehead atoms. The lowest BCUT2D eigenvalue weighted by molar-refractivity contribution is 0.0986. The third-order valence-corrected chi connectivity index (χ3v) is 6.30. The normalized spacial score (nSPS) is 11.0. The van der Waals surface area contributed by atoms with E-state index in [1.54, 1.807) is 36.7 Å². The second-order valence-electron chi connectivity index (χ2n) is 6.90. The highest BCUT2D eigenvalue weighted by Gasteiger charge is 2.23. The molecule has 0 saturated carbocycles. The first kappa shape index (κ1) is 20.4. The number of carbonyl (C=O) groups excluding carboxylic acids is 1. The minimum atomic E-state index is -0.0847. The Morgan fingerprint density at radius 3 is 2.90 bits per heavy atom. The second kappa shape index (κ2) is 8.85. The zero-order chi connectivity index (χ0) is 21.1. The summed E-state index contributed by atoms with van der Waals surface area (Å²) in [5.74, 6) is 0.553. The van der Waals surface area contributed by atoms with Crippen molar-refractivity contribution in [3.8, 4) is 5.75 Å². The van der Waals surface area contributed by atoms with E-state index in [2.05, 4.69) is 4.98 Å². The van der Waals surface area contributed by atoms with Gasteiger partial charge in [0.15, 0.2) is 5.13 Å². The van der Waals surface area contributed by atoms with Crippen LogP contribution in [0.5, 0.6) is 5.75 Å². The van der Waals surface area contributed by atoms with Crippen molar-refractivity contribution >= 4 is 44.2 Å². The monoisotopic (exact) mass is 440 g/mol. The van der Waals surface area contributed by atoms with Gasteiger partial charge in [-0.3, -0.25) is 9.69 Å². The van der Waals surface area contributed by atoms with Crippen LogP contribution in [0.1, 0.15) is 22.3 Å². The number of methoxy groups -OCH3 is 1. The number of nitrogens with zero attached hydrogens (tertiary/aromatic N) is 4. The van der Waals surface area contributed by atoms with Crippen molar-refractivity contribution < 1.29 is 9.53 Å². The molecule has 0 unspecified atom stereocenters. The number of thiazole rings is 1. The largest absolute Gasteiger partial charge is 0.494 e. The molecule has 0 saturated heterocycles. The average molecular weight is 441 g/mol. The summed E-state index contributed by atoms with van der Waals surface area (Å²) in [4.78, 5) is 23.9. The Balaban J connectivity index is 1.69. The highest BCUT2D eigenvalue weighted by Crippen LogP contribution is 2.39. The summed E-state index contributed by atoms with van der Waals surface area (Å²) in [5.41, 5.74) is 2.34. The van der Waals surface area contributed by atoms with E-state index in [9.17, 15) is 4.79 Å². The number of rotatable bonds is 7. The van der Waals surface area contributed by atoms with Gasteiger partial charge in [-0.1, -0.05) is 40.6 Å². The van der Waals surface area contributed by atoms with Gasteiger partial charge in [0.1, 0.15) is 11.3 Å². The Hall–Kier alpha value is -2.90. The fraction of sp³-hybridized carbons (Fsp3) is 0.227. The summed E-state index contributed by atoms with van der Waals surface area (Å²) >= 11 is 7.79. The van der Waals surface area contributed by atoms with Gasteiger partial charge in [-0.2, -0.15) is 0 Å². The molecule has 0 spiro atoms. The van der Waals surface area contributed by atoms with E-state index in [0.29, 0.717) is 33.5 Å². The molecule has 4 aromatic rings. The van der Waals surface area contributed by atoms with Crippen molar-refractivity contribution in [2.24, 2.45) is 0 Å². The van der Waals surface area contributed by atoms with Crippen molar-refractivity contribution in [3.63, 3.8) is 0 Å². The third-order valence-electron chi connectivity index (χ3n) is 4.77. The summed E-state index contributed by atoms with van der Waals surface area (Å²) in [7, 11) is 1.60. The van der Waals surface area contributed by atoms with E-state index in [-0.39, 0.29) is 5.91 Å². The minimum absolute atomic E-state index is 0.0847. The van der Waals surface area contributed by atoms with Gasteiger partial charge in [0.25, 0.3) is 5.91 Å². The zero-order valence-corrected chi connectivity index (χ0v) is 18.3. The summed E-state index contributed by atoms with van der Waals surface area (Å²) in [5, 5.41) is 1.20. The molecule has 0 aliphatic heterocycles. The van der Waals surface area contributed by atoms with Crippen LogP contribution >= 0.6 is 22.9 Å². The maximum absolute atomic E-state index is 13.4. The van der Waals surface area contributed by atoms with Crippen LogP contribution in [0.2, 0.25) is 5.02 Å². The van der Waals surface area contributed by atoms with Crippen molar-refractivity contribution in [2.45, 2.75) is 19.9 Å². The van der Waals surface area contributed by atoms with Crippen molar-refractivity contribution in [2.75, 3.05) is 18.6 Å². The van der Waals surface area contributed by atoms with Gasteiger partial charge in [0.05, 0.1) is 23.2 Å². The first-order chi connectivity index (χ1) is 14.6. The first-order valence-corrected chi connectivity index (χ1v) is 10.7. The SMILES string of the molecule is COc1ccc(Cl)c2sc(N(CCCn3ccnc3)C(=O)c3cccc(C)c3)nc12. The number of aryl methyl sites for hydroxylation is 2. The maximum Gasteiger partial charge on any atom is 0.260 e. The van der Waals surface area contributed by atoms with Gasteiger partial charge in [-0.15, -0.1) is 0 Å². The number of amides is 1. The molecule has 6 nitrogen and oxygen atoms in total. The number of benzene rings is 2. The van der Waals surface area contributed by atoms with Crippen LogP contribution in [0.3, 0.4) is 0 Å². The first-order valence-electron chi connectivity index (χ1n) is 9.54. The minimum Gasteiger partial charge on any atom is -0.494 e. The lowest BCUT2D eigenvalue weighted by atomic mass is 10.1. The van der Waals surface area contributed by atoms with E-state index in [4.69, 9.17) is 21.3 Å². The highest BCUT2D eigenvalue weighted by atomic mass is 35.5. The Labute approximate surface area is 183 Å². The average Bonchev–Trinajstić information content (AvgIpc) is 3.42. The van der Waals surface area contributed by atoms with Gasteiger partial charge < -0.3 is 9.30 Å². The molecule has 8 heteroatoms. The van der Waals surface area contributed by atoms with Crippen LogP contribution in [-0.2, 0) is 6.54 Å². The molecule has 1 amide bonds. The van der Waals surface area contributed by atoms with Crippen molar-refractivity contribution in [1.82, 2.24) is 14.5 Å². The molecule has 0 N–H and O–H groups in total. The molecule has 0 fully saturated rings. The quantitative estimate of drug-likeness (QED) is 0.396. The van der Waals surface area contributed by atoms with E-state index in [1.165, 1.54) is 11.3 Å².